The Bertz CT molecular complexity index is 1480. The Morgan fingerprint density at radius 3 is 2.25 bits per heavy atom. The first kappa shape index (κ1) is 25.5. The number of carbonyl (C=O) groups excluding carboxylic acids is 2. The fraction of sp³-hybridized carbons (Fsp3) is 0.240. The molecule has 0 spiro atoms. The van der Waals surface area contributed by atoms with E-state index >= 15 is 0 Å². The molecule has 0 saturated heterocycles. The second-order valence-corrected chi connectivity index (χ2v) is 11.2. The number of ether oxygens (including phenoxy) is 1. The Morgan fingerprint density at radius 1 is 1.00 bits per heavy atom. The van der Waals surface area contributed by atoms with Crippen LogP contribution in [-0.2, 0) is 15.4 Å². The summed E-state index contributed by atoms with van der Waals surface area (Å²) in [5, 5.41) is 12.7. The number of nitrogens with one attached hydrogen (secondary N) is 1. The molecule has 0 radical (unpaired) electrons. The van der Waals surface area contributed by atoms with Crippen LogP contribution in [-0.4, -0.2) is 26.8 Å². The number of hydrogen-bond donors (Lipinski definition) is 1. The van der Waals surface area contributed by atoms with Crippen molar-refractivity contribution in [3.05, 3.63) is 81.5 Å². The van der Waals surface area contributed by atoms with Crippen LogP contribution in [0.25, 0.3) is 0 Å². The number of rotatable bonds is 6. The number of amides is 2. The van der Waals surface area contributed by atoms with E-state index in [-0.39, 0.29) is 50.5 Å². The molecule has 1 aliphatic heterocycles. The molecule has 36 heavy (non-hydrogen) atoms. The zero-order chi connectivity index (χ0) is 26.4. The van der Waals surface area contributed by atoms with Crippen LogP contribution < -0.4 is 19.1 Å². The van der Waals surface area contributed by atoms with Gasteiger partial charge >= 0.3 is 11.8 Å². The average Bonchev–Trinajstić information content (AvgIpc) is 3.08. The summed E-state index contributed by atoms with van der Waals surface area (Å²) in [5.74, 6) is -2.14. The summed E-state index contributed by atoms with van der Waals surface area (Å²) >= 11 is 6.24. The topological polar surface area (TPSA) is 120 Å². The molecule has 0 bridgehead atoms. The Hall–Kier alpha value is -3.63. The van der Waals surface area contributed by atoms with Gasteiger partial charge in [0.2, 0.25) is 0 Å². The lowest BCUT2D eigenvalue weighted by atomic mass is 9.87. The highest BCUT2D eigenvalue weighted by Crippen LogP contribution is 2.37. The lowest BCUT2D eigenvalue weighted by Crippen LogP contribution is -2.42. The molecule has 3 aromatic rings. The molecule has 9 nitrogen and oxygen atoms in total. The first-order valence-corrected chi connectivity index (χ1v) is 12.9. The van der Waals surface area contributed by atoms with E-state index in [4.69, 9.17) is 16.3 Å². The van der Waals surface area contributed by atoms with E-state index in [1.807, 2.05) is 20.8 Å². The minimum absolute atomic E-state index is 0.0188. The lowest BCUT2D eigenvalue weighted by molar-refractivity contribution is -0.599. The zero-order valence-electron chi connectivity index (χ0n) is 20.0. The van der Waals surface area contributed by atoms with E-state index in [9.17, 15) is 23.2 Å². The summed E-state index contributed by atoms with van der Waals surface area (Å²) in [5.41, 5.74) is 0.205. The van der Waals surface area contributed by atoms with Gasteiger partial charge in [-0.05, 0) is 48.2 Å². The van der Waals surface area contributed by atoms with E-state index in [2.05, 4.69) is 4.72 Å². The monoisotopic (exact) mass is 529 g/mol. The van der Waals surface area contributed by atoms with Gasteiger partial charge < -0.3 is 9.94 Å². The molecular weight excluding hydrogens is 506 g/mol. The van der Waals surface area contributed by atoms with Crippen LogP contribution >= 0.6 is 11.6 Å². The van der Waals surface area contributed by atoms with Crippen LogP contribution in [0.1, 0.15) is 54.0 Å². The summed E-state index contributed by atoms with van der Waals surface area (Å²) in [6.45, 7) is 7.91. The van der Waals surface area contributed by atoms with Crippen molar-refractivity contribution < 1.29 is 27.5 Å². The first-order valence-electron chi connectivity index (χ1n) is 11.1. The van der Waals surface area contributed by atoms with Crippen LogP contribution in [0.3, 0.4) is 0 Å². The molecule has 0 aliphatic carbocycles. The summed E-state index contributed by atoms with van der Waals surface area (Å²) < 4.78 is 34.2. The highest BCUT2D eigenvalue weighted by Gasteiger charge is 2.48. The first-order chi connectivity index (χ1) is 16.9. The third-order valence-electron chi connectivity index (χ3n) is 5.68. The summed E-state index contributed by atoms with van der Waals surface area (Å²) in [6, 6.07) is 13.1. The van der Waals surface area contributed by atoms with Gasteiger partial charge in [0, 0.05) is 12.1 Å². The number of sulfonamides is 1. The number of pyridine rings is 1. The standard InChI is InChI=1S/C25H24ClN3O6S/c1-5-35-20-8-6-7-19(29(20)32)28-23(30)21-17(26)13-14-18(22(21)24(28)31)27-36(33,34)16-11-9-15(10-12-16)25(2,3)4/h6-14,27H,5H2,1-4H3. The maximum atomic E-state index is 13.4. The number of imide groups is 1. The van der Waals surface area contributed by atoms with E-state index in [1.54, 1.807) is 19.1 Å². The van der Waals surface area contributed by atoms with Gasteiger partial charge in [-0.15, -0.1) is 4.90 Å². The van der Waals surface area contributed by atoms with Gasteiger partial charge in [0.25, 0.3) is 21.7 Å². The molecule has 2 heterocycles. The molecule has 0 atom stereocenters. The van der Waals surface area contributed by atoms with Gasteiger partial charge in [0.05, 0.1) is 22.2 Å². The predicted octanol–water partition coefficient (Wildman–Crippen LogP) is 4.27. The summed E-state index contributed by atoms with van der Waals surface area (Å²) in [4.78, 5) is 27.3. The van der Waals surface area contributed by atoms with Gasteiger partial charge in [-0.2, -0.15) is 4.73 Å². The normalized spacial score (nSPS) is 13.6. The number of carbonyl (C=O) groups is 2. The fourth-order valence-electron chi connectivity index (χ4n) is 3.84. The van der Waals surface area contributed by atoms with E-state index < -0.39 is 21.8 Å². The Morgan fingerprint density at radius 2 is 1.64 bits per heavy atom. The van der Waals surface area contributed by atoms with Gasteiger partial charge in [0.1, 0.15) is 11.1 Å². The quantitative estimate of drug-likeness (QED) is 0.289. The molecule has 4 rings (SSSR count). The molecule has 2 amide bonds. The fourth-order valence-corrected chi connectivity index (χ4v) is 5.15. The average molecular weight is 530 g/mol. The van der Waals surface area contributed by atoms with E-state index in [0.717, 1.165) is 5.56 Å². The summed E-state index contributed by atoms with van der Waals surface area (Å²) in [6.07, 6.45) is 0. The van der Waals surface area contributed by atoms with Crippen molar-refractivity contribution in [1.82, 2.24) is 0 Å². The molecule has 0 saturated carbocycles. The largest absolute Gasteiger partial charge is 0.708 e. The van der Waals surface area contributed by atoms with Crippen LogP contribution in [0.15, 0.2) is 59.5 Å². The zero-order valence-corrected chi connectivity index (χ0v) is 21.6. The Balaban J connectivity index is 1.75. The highest BCUT2D eigenvalue weighted by atomic mass is 35.5. The van der Waals surface area contributed by atoms with Gasteiger partial charge in [-0.1, -0.05) is 44.5 Å². The predicted molar refractivity (Wildman–Crippen MR) is 135 cm³/mol. The summed E-state index contributed by atoms with van der Waals surface area (Å²) in [7, 11) is -4.12. The molecule has 0 fully saturated rings. The Labute approximate surface area is 213 Å². The number of benzene rings is 2. The van der Waals surface area contributed by atoms with Crippen molar-refractivity contribution in [3.63, 3.8) is 0 Å². The molecule has 1 aromatic heterocycles. The highest BCUT2D eigenvalue weighted by molar-refractivity contribution is 7.92. The molecule has 0 unspecified atom stereocenters. The van der Waals surface area contributed by atoms with Gasteiger partial charge in [0.15, 0.2) is 0 Å². The lowest BCUT2D eigenvalue weighted by Gasteiger charge is -2.19. The number of fused-ring (bicyclic) bond motifs is 1. The maximum Gasteiger partial charge on any atom is 0.352 e. The number of hydrogen-bond acceptors (Lipinski definition) is 6. The molecule has 1 N–H and O–H groups in total. The molecule has 188 valence electrons. The molecule has 2 aromatic carbocycles. The van der Waals surface area contributed by atoms with E-state index in [0.29, 0.717) is 9.63 Å². The smallest absolute Gasteiger partial charge is 0.352 e. The third-order valence-corrected chi connectivity index (χ3v) is 7.37. The van der Waals surface area contributed by atoms with Crippen LogP contribution in [0.2, 0.25) is 5.02 Å². The molecule has 11 heteroatoms. The van der Waals surface area contributed by atoms with Crippen molar-refractivity contribution >= 4 is 44.9 Å². The maximum absolute atomic E-state index is 13.4. The van der Waals surface area contributed by atoms with Gasteiger partial charge in [-0.3, -0.25) is 4.72 Å². The van der Waals surface area contributed by atoms with Crippen molar-refractivity contribution in [2.45, 2.75) is 38.0 Å². The number of anilines is 2. The number of halogens is 1. The van der Waals surface area contributed by atoms with E-state index in [1.165, 1.54) is 42.5 Å². The van der Waals surface area contributed by atoms with Gasteiger partial charge in [-0.25, -0.2) is 18.0 Å². The number of nitrogens with zero attached hydrogens (tertiary/aromatic N) is 2. The number of aromatic nitrogens is 1. The second-order valence-electron chi connectivity index (χ2n) is 9.12. The van der Waals surface area contributed by atoms with Crippen molar-refractivity contribution in [3.8, 4) is 5.88 Å². The van der Waals surface area contributed by atoms with Crippen molar-refractivity contribution in [2.75, 3.05) is 16.2 Å². The van der Waals surface area contributed by atoms with Crippen LogP contribution in [0.4, 0.5) is 11.5 Å². The van der Waals surface area contributed by atoms with Crippen molar-refractivity contribution in [1.29, 1.82) is 0 Å². The van der Waals surface area contributed by atoms with Crippen molar-refractivity contribution in [2.24, 2.45) is 0 Å². The SMILES string of the molecule is CCOc1cccc(N2C(=O)c3c(Cl)ccc(NS(=O)(=O)c4ccc(C(C)(C)C)cc4)c3C2=O)[n+]1[O-]. The Kier molecular flexibility index (Phi) is 6.44. The molecule has 1 aliphatic rings. The van der Waals surface area contributed by atoms with Crippen LogP contribution in [0, 0.1) is 5.21 Å². The van der Waals surface area contributed by atoms with Crippen LogP contribution in [0.5, 0.6) is 5.88 Å². The minimum Gasteiger partial charge on any atom is -0.708 e. The second kappa shape index (κ2) is 9.11. The third kappa shape index (κ3) is 4.38. The minimum atomic E-state index is -4.12. The molecular formula is C25H24ClN3O6S.